The monoisotopic (exact) mass is 540 g/mol. The number of carbonyl (C=O) groups excluding carboxylic acids is 1. The van der Waals surface area contributed by atoms with Crippen LogP contribution in [0.2, 0.25) is 0 Å². The Morgan fingerprint density at radius 1 is 1.18 bits per heavy atom. The van der Waals surface area contributed by atoms with E-state index in [-0.39, 0.29) is 24.0 Å². The fourth-order valence-corrected chi connectivity index (χ4v) is 6.90. The van der Waals surface area contributed by atoms with Crippen molar-refractivity contribution in [2.24, 2.45) is 5.73 Å². The molecule has 38 heavy (non-hydrogen) atoms. The zero-order chi connectivity index (χ0) is 27.1. The minimum absolute atomic E-state index is 0.117. The Kier molecular flexibility index (Phi) is 9.59. The molecule has 1 amide bonds. The fourth-order valence-electron chi connectivity index (χ4n) is 5.39. The second-order valence-electron chi connectivity index (χ2n) is 10.2. The number of amides is 1. The van der Waals surface area contributed by atoms with Gasteiger partial charge in [-0.15, -0.1) is 0 Å². The number of benzene rings is 2. The lowest BCUT2D eigenvalue weighted by atomic mass is 9.88. The van der Waals surface area contributed by atoms with Gasteiger partial charge in [-0.25, -0.2) is 12.7 Å². The van der Waals surface area contributed by atoms with Crippen molar-refractivity contribution in [1.82, 2.24) is 14.6 Å². The molecule has 3 aromatic rings. The van der Waals surface area contributed by atoms with E-state index in [4.69, 9.17) is 10.5 Å². The molecule has 0 spiro atoms. The van der Waals surface area contributed by atoms with Crippen LogP contribution in [0.3, 0.4) is 0 Å². The maximum absolute atomic E-state index is 12.7. The number of sulfonamides is 1. The van der Waals surface area contributed by atoms with Gasteiger partial charge in [0.15, 0.2) is 0 Å². The van der Waals surface area contributed by atoms with Crippen molar-refractivity contribution in [3.05, 3.63) is 59.3 Å². The van der Waals surface area contributed by atoms with Gasteiger partial charge in [0.2, 0.25) is 15.9 Å². The number of piperidine rings is 1. The van der Waals surface area contributed by atoms with Gasteiger partial charge in [-0.1, -0.05) is 25.1 Å². The van der Waals surface area contributed by atoms with Crippen molar-refractivity contribution >= 4 is 26.8 Å². The summed E-state index contributed by atoms with van der Waals surface area (Å²) in [4.78, 5) is 15.3. The number of hydrogen-bond acceptors (Lipinski definition) is 5. The third-order valence-electron chi connectivity index (χ3n) is 7.32. The zero-order valence-corrected chi connectivity index (χ0v) is 23.3. The largest absolute Gasteiger partial charge is 0.385 e. The van der Waals surface area contributed by atoms with E-state index in [1.165, 1.54) is 11.1 Å². The van der Waals surface area contributed by atoms with E-state index in [2.05, 4.69) is 53.6 Å². The number of methoxy groups -OCH3 is 1. The van der Waals surface area contributed by atoms with Crippen molar-refractivity contribution in [3.63, 3.8) is 0 Å². The first-order valence-electron chi connectivity index (χ1n) is 13.5. The second-order valence-corrected chi connectivity index (χ2v) is 12.2. The molecule has 206 valence electrons. The quantitative estimate of drug-likeness (QED) is 0.284. The van der Waals surface area contributed by atoms with Crippen LogP contribution in [0, 0.1) is 0 Å². The lowest BCUT2D eigenvalue weighted by molar-refractivity contribution is -0.117. The first kappa shape index (κ1) is 28.3. The Morgan fingerprint density at radius 2 is 1.97 bits per heavy atom. The van der Waals surface area contributed by atoms with Gasteiger partial charge in [-0.3, -0.25) is 4.79 Å². The summed E-state index contributed by atoms with van der Waals surface area (Å²) < 4.78 is 32.1. The van der Waals surface area contributed by atoms with Gasteiger partial charge < -0.3 is 20.8 Å². The van der Waals surface area contributed by atoms with E-state index >= 15 is 0 Å². The SMILES string of the molecule is CCCNCc1cccc(-c2cc(CC(N)=O)c3[nH]cc(C4CCN(S(=O)(=O)CCCOC)CC4)c3c2)c1. The maximum atomic E-state index is 12.7. The molecule has 1 aliphatic rings. The molecule has 2 heterocycles. The van der Waals surface area contributed by atoms with Gasteiger partial charge in [0.1, 0.15) is 0 Å². The molecule has 0 saturated carbocycles. The minimum Gasteiger partial charge on any atom is -0.385 e. The van der Waals surface area contributed by atoms with Gasteiger partial charge in [0.05, 0.1) is 12.2 Å². The fraction of sp³-hybridized carbons (Fsp3) is 0.483. The van der Waals surface area contributed by atoms with E-state index in [0.717, 1.165) is 59.9 Å². The van der Waals surface area contributed by atoms with E-state index in [1.807, 2.05) is 6.20 Å². The van der Waals surface area contributed by atoms with Crippen LogP contribution in [0.5, 0.6) is 0 Å². The molecule has 1 saturated heterocycles. The average molecular weight is 541 g/mol. The summed E-state index contributed by atoms with van der Waals surface area (Å²) in [6, 6.07) is 12.7. The van der Waals surface area contributed by atoms with Crippen LogP contribution in [0.15, 0.2) is 42.6 Å². The van der Waals surface area contributed by atoms with Crippen LogP contribution in [-0.4, -0.2) is 62.7 Å². The van der Waals surface area contributed by atoms with Crippen LogP contribution < -0.4 is 11.1 Å². The van der Waals surface area contributed by atoms with Gasteiger partial charge in [-0.05, 0) is 84.2 Å². The van der Waals surface area contributed by atoms with Crippen LogP contribution in [-0.2, 0) is 32.5 Å². The lowest BCUT2D eigenvalue weighted by Gasteiger charge is -2.31. The van der Waals surface area contributed by atoms with Gasteiger partial charge in [0.25, 0.3) is 0 Å². The number of aromatic nitrogens is 1. The molecule has 1 aliphatic heterocycles. The number of ether oxygens (including phenoxy) is 1. The van der Waals surface area contributed by atoms with Gasteiger partial charge in [-0.2, -0.15) is 0 Å². The third-order valence-corrected chi connectivity index (χ3v) is 9.28. The summed E-state index contributed by atoms with van der Waals surface area (Å²) in [6.07, 6.45) is 5.27. The highest BCUT2D eigenvalue weighted by atomic mass is 32.2. The second kappa shape index (κ2) is 12.9. The summed E-state index contributed by atoms with van der Waals surface area (Å²) in [5, 5.41) is 4.53. The number of fused-ring (bicyclic) bond motifs is 1. The molecule has 0 bridgehead atoms. The summed E-state index contributed by atoms with van der Waals surface area (Å²) in [5.41, 5.74) is 11.9. The number of nitrogens with one attached hydrogen (secondary N) is 2. The van der Waals surface area contributed by atoms with Crippen LogP contribution >= 0.6 is 0 Å². The molecule has 1 fully saturated rings. The van der Waals surface area contributed by atoms with Crippen molar-refractivity contribution in [1.29, 1.82) is 0 Å². The number of carbonyl (C=O) groups is 1. The number of nitrogens with two attached hydrogens (primary N) is 1. The van der Waals surface area contributed by atoms with Gasteiger partial charge >= 0.3 is 0 Å². The topological polar surface area (TPSA) is 118 Å². The highest BCUT2D eigenvalue weighted by Gasteiger charge is 2.29. The van der Waals surface area contributed by atoms with E-state index in [1.54, 1.807) is 11.4 Å². The van der Waals surface area contributed by atoms with Crippen molar-refractivity contribution in [2.45, 2.75) is 51.5 Å². The molecule has 4 N–H and O–H groups in total. The molecular formula is C29H40N4O4S. The number of primary amides is 1. The normalized spacial score (nSPS) is 15.3. The molecule has 4 rings (SSSR count). The predicted molar refractivity (Wildman–Crippen MR) is 152 cm³/mol. The number of aromatic amines is 1. The highest BCUT2D eigenvalue weighted by molar-refractivity contribution is 7.89. The zero-order valence-electron chi connectivity index (χ0n) is 22.5. The Bertz CT molecular complexity index is 1340. The first-order chi connectivity index (χ1) is 18.3. The molecule has 0 atom stereocenters. The third kappa shape index (κ3) is 6.83. The van der Waals surface area contributed by atoms with E-state index in [9.17, 15) is 13.2 Å². The number of hydrogen-bond donors (Lipinski definition) is 3. The summed E-state index contributed by atoms with van der Waals surface area (Å²) in [5.74, 6) is -0.0228. The Hall–Kier alpha value is -2.72. The first-order valence-corrected chi connectivity index (χ1v) is 15.1. The summed E-state index contributed by atoms with van der Waals surface area (Å²) >= 11 is 0. The van der Waals surface area contributed by atoms with Crippen molar-refractivity contribution in [3.8, 4) is 11.1 Å². The highest BCUT2D eigenvalue weighted by Crippen LogP contribution is 2.37. The summed E-state index contributed by atoms with van der Waals surface area (Å²) in [7, 11) is -1.69. The summed E-state index contributed by atoms with van der Waals surface area (Å²) in [6.45, 7) is 5.39. The van der Waals surface area contributed by atoms with E-state index < -0.39 is 10.0 Å². The Balaban J connectivity index is 1.61. The Labute approximate surface area is 226 Å². The molecule has 8 nitrogen and oxygen atoms in total. The Morgan fingerprint density at radius 3 is 2.68 bits per heavy atom. The van der Waals surface area contributed by atoms with Crippen LogP contribution in [0.25, 0.3) is 22.0 Å². The number of rotatable bonds is 13. The van der Waals surface area contributed by atoms with Crippen LogP contribution in [0.4, 0.5) is 0 Å². The molecule has 9 heteroatoms. The standard InChI is InChI=1S/C29H40N4O4S/c1-3-10-31-19-21-6-4-7-23(15-21)24-16-25(18-28(30)34)29-26(17-24)27(20-32-29)22-8-11-33(12-9-22)38(35,36)14-5-13-37-2/h4,6-7,15-17,20,22,31-32H,3,5,8-14,18-19H2,1-2H3,(H2,30,34). The molecule has 1 aromatic heterocycles. The predicted octanol–water partition coefficient (Wildman–Crippen LogP) is 3.91. The average Bonchev–Trinajstić information content (AvgIpc) is 3.33. The smallest absolute Gasteiger partial charge is 0.221 e. The van der Waals surface area contributed by atoms with Crippen molar-refractivity contribution in [2.75, 3.05) is 39.1 Å². The molecule has 0 aliphatic carbocycles. The molecular weight excluding hydrogens is 500 g/mol. The maximum Gasteiger partial charge on any atom is 0.221 e. The number of nitrogens with zero attached hydrogens (tertiary/aromatic N) is 1. The molecule has 2 aromatic carbocycles. The lowest BCUT2D eigenvalue weighted by Crippen LogP contribution is -2.39. The number of H-pyrrole nitrogens is 1. The van der Waals surface area contributed by atoms with Gasteiger partial charge in [0, 0.05) is 50.5 Å². The van der Waals surface area contributed by atoms with E-state index in [0.29, 0.717) is 26.1 Å². The van der Waals surface area contributed by atoms with Crippen LogP contribution in [0.1, 0.15) is 55.2 Å². The molecule has 0 radical (unpaired) electrons. The van der Waals surface area contributed by atoms with Crippen molar-refractivity contribution < 1.29 is 17.9 Å². The molecule has 0 unspecified atom stereocenters. The minimum atomic E-state index is -3.28.